The van der Waals surface area contributed by atoms with E-state index in [0.29, 0.717) is 6.04 Å². The van der Waals surface area contributed by atoms with Crippen LogP contribution in [-0.4, -0.2) is 38.2 Å². The molecule has 0 spiro atoms. The molecule has 0 saturated heterocycles. The number of likely N-dealkylation sites (N-methyl/N-ethyl adjacent to an activating group) is 1. The number of methoxy groups -OCH3 is 1. The first kappa shape index (κ1) is 16.3. The van der Waals surface area contributed by atoms with Crippen LogP contribution in [0.5, 0.6) is 5.75 Å². The zero-order valence-electron chi connectivity index (χ0n) is 13.8. The van der Waals surface area contributed by atoms with Gasteiger partial charge in [-0.05, 0) is 44.0 Å². The predicted octanol–water partition coefficient (Wildman–Crippen LogP) is 3.61. The molecule has 0 bridgehead atoms. The normalized spacial score (nSPS) is 17.3. The molecule has 1 atom stereocenters. The highest BCUT2D eigenvalue weighted by molar-refractivity contribution is 5.29. The van der Waals surface area contributed by atoms with Crippen LogP contribution in [0.25, 0.3) is 0 Å². The molecule has 2 rings (SSSR count). The summed E-state index contributed by atoms with van der Waals surface area (Å²) in [5, 5.41) is 3.70. The topological polar surface area (TPSA) is 24.5 Å². The van der Waals surface area contributed by atoms with Gasteiger partial charge in [-0.25, -0.2) is 0 Å². The van der Waals surface area contributed by atoms with Crippen LogP contribution < -0.4 is 10.1 Å². The van der Waals surface area contributed by atoms with E-state index in [9.17, 15) is 0 Å². The number of nitrogens with zero attached hydrogens (tertiary/aromatic N) is 1. The third-order valence-electron chi connectivity index (χ3n) is 4.73. The summed E-state index contributed by atoms with van der Waals surface area (Å²) in [6.45, 7) is 4.43. The molecule has 1 N–H and O–H groups in total. The summed E-state index contributed by atoms with van der Waals surface area (Å²) in [4.78, 5) is 2.53. The summed E-state index contributed by atoms with van der Waals surface area (Å²) in [5.74, 6) is 0.926. The molecule has 1 saturated carbocycles. The molecular formula is C18H30N2O. The molecule has 1 aliphatic carbocycles. The van der Waals surface area contributed by atoms with E-state index in [1.807, 2.05) is 12.1 Å². The van der Waals surface area contributed by atoms with Crippen LogP contribution in [-0.2, 0) is 0 Å². The van der Waals surface area contributed by atoms with Crippen LogP contribution in [0.4, 0.5) is 0 Å². The summed E-state index contributed by atoms with van der Waals surface area (Å²) in [6.07, 6.45) is 6.69. The number of benzene rings is 1. The molecule has 3 nitrogen and oxygen atoms in total. The predicted molar refractivity (Wildman–Crippen MR) is 88.9 cm³/mol. The second-order valence-electron chi connectivity index (χ2n) is 6.11. The first-order valence-electron chi connectivity index (χ1n) is 8.32. The van der Waals surface area contributed by atoms with Crippen molar-refractivity contribution in [1.82, 2.24) is 10.2 Å². The van der Waals surface area contributed by atoms with Crippen molar-refractivity contribution < 1.29 is 4.74 Å². The number of rotatable bonds is 8. The van der Waals surface area contributed by atoms with E-state index >= 15 is 0 Å². The number of nitrogens with one attached hydrogen (secondary N) is 1. The van der Waals surface area contributed by atoms with E-state index < -0.39 is 0 Å². The summed E-state index contributed by atoms with van der Waals surface area (Å²) < 4.78 is 5.23. The van der Waals surface area contributed by atoms with E-state index in [4.69, 9.17) is 4.74 Å². The Morgan fingerprint density at radius 1 is 1.24 bits per heavy atom. The molecule has 1 aromatic carbocycles. The Labute approximate surface area is 129 Å². The van der Waals surface area contributed by atoms with Gasteiger partial charge < -0.3 is 15.0 Å². The molecule has 1 unspecified atom stereocenters. The Balaban J connectivity index is 1.78. The lowest BCUT2D eigenvalue weighted by Crippen LogP contribution is -2.36. The second kappa shape index (κ2) is 8.40. The summed E-state index contributed by atoms with van der Waals surface area (Å²) >= 11 is 0. The molecule has 118 valence electrons. The second-order valence-corrected chi connectivity index (χ2v) is 6.11. The lowest BCUT2D eigenvalue weighted by Gasteiger charge is -2.25. The minimum atomic E-state index is 0.438. The van der Waals surface area contributed by atoms with Gasteiger partial charge in [0, 0.05) is 25.2 Å². The molecule has 0 heterocycles. The first-order chi connectivity index (χ1) is 10.2. The van der Waals surface area contributed by atoms with Crippen LogP contribution >= 0.6 is 0 Å². The van der Waals surface area contributed by atoms with Gasteiger partial charge in [0.1, 0.15) is 5.75 Å². The maximum Gasteiger partial charge on any atom is 0.118 e. The Morgan fingerprint density at radius 2 is 1.90 bits per heavy atom. The zero-order chi connectivity index (χ0) is 15.1. The molecule has 1 aliphatic rings. The van der Waals surface area contributed by atoms with E-state index in [1.54, 1.807) is 7.11 Å². The van der Waals surface area contributed by atoms with Crippen LogP contribution in [0, 0.1) is 0 Å². The van der Waals surface area contributed by atoms with Gasteiger partial charge >= 0.3 is 0 Å². The average Bonchev–Trinajstić information content (AvgIpc) is 3.06. The van der Waals surface area contributed by atoms with E-state index in [0.717, 1.165) is 31.3 Å². The van der Waals surface area contributed by atoms with Crippen molar-refractivity contribution in [3.8, 4) is 5.75 Å². The van der Waals surface area contributed by atoms with Gasteiger partial charge in [0.25, 0.3) is 0 Å². The van der Waals surface area contributed by atoms with Crippen LogP contribution in [0.1, 0.15) is 50.6 Å². The van der Waals surface area contributed by atoms with Crippen molar-refractivity contribution in [2.45, 2.75) is 51.1 Å². The highest BCUT2D eigenvalue weighted by atomic mass is 16.5. The van der Waals surface area contributed by atoms with Crippen molar-refractivity contribution in [2.75, 3.05) is 27.2 Å². The highest BCUT2D eigenvalue weighted by Gasteiger charge is 2.19. The Kier molecular flexibility index (Phi) is 6.52. The van der Waals surface area contributed by atoms with E-state index in [-0.39, 0.29) is 0 Å². The van der Waals surface area contributed by atoms with Crippen LogP contribution in [0.15, 0.2) is 24.3 Å². The molecule has 3 heteroatoms. The van der Waals surface area contributed by atoms with Crippen molar-refractivity contribution in [1.29, 1.82) is 0 Å². The monoisotopic (exact) mass is 290 g/mol. The van der Waals surface area contributed by atoms with Crippen molar-refractivity contribution in [3.05, 3.63) is 29.8 Å². The maximum atomic E-state index is 5.23. The van der Waals surface area contributed by atoms with Crippen molar-refractivity contribution >= 4 is 0 Å². The highest BCUT2D eigenvalue weighted by Crippen LogP contribution is 2.22. The van der Waals surface area contributed by atoms with Gasteiger partial charge in [0.2, 0.25) is 0 Å². The Hall–Kier alpha value is -1.06. The fourth-order valence-corrected chi connectivity index (χ4v) is 3.28. The number of hydrogen-bond acceptors (Lipinski definition) is 3. The van der Waals surface area contributed by atoms with Gasteiger partial charge in [0.05, 0.1) is 7.11 Å². The Bertz CT molecular complexity index is 398. The minimum absolute atomic E-state index is 0.438. The van der Waals surface area contributed by atoms with Crippen LogP contribution in [0.3, 0.4) is 0 Å². The molecule has 0 amide bonds. The summed E-state index contributed by atoms with van der Waals surface area (Å²) in [6, 6.07) is 9.68. The third kappa shape index (κ3) is 4.72. The van der Waals surface area contributed by atoms with E-state index in [2.05, 4.69) is 36.3 Å². The molecule has 21 heavy (non-hydrogen) atoms. The van der Waals surface area contributed by atoms with Crippen molar-refractivity contribution in [2.24, 2.45) is 0 Å². The molecular weight excluding hydrogens is 260 g/mol. The quantitative estimate of drug-likeness (QED) is 0.791. The summed E-state index contributed by atoms with van der Waals surface area (Å²) in [5.41, 5.74) is 1.35. The number of hydrogen-bond donors (Lipinski definition) is 1. The standard InChI is InChI=1S/C18H30N2O/c1-4-18(15-9-11-17(21-3)12-10-15)19-13-14-20(2)16-7-5-6-8-16/h9-12,16,18-19H,4-8,13-14H2,1-3H3. The summed E-state index contributed by atoms with van der Waals surface area (Å²) in [7, 11) is 3.98. The van der Waals surface area contributed by atoms with E-state index in [1.165, 1.54) is 31.2 Å². The number of ether oxygens (including phenoxy) is 1. The first-order valence-corrected chi connectivity index (χ1v) is 8.32. The minimum Gasteiger partial charge on any atom is -0.497 e. The fraction of sp³-hybridized carbons (Fsp3) is 0.667. The maximum absolute atomic E-state index is 5.23. The molecule has 0 aromatic heterocycles. The lowest BCUT2D eigenvalue weighted by atomic mass is 10.0. The van der Waals surface area contributed by atoms with Gasteiger partial charge in [0.15, 0.2) is 0 Å². The van der Waals surface area contributed by atoms with Gasteiger partial charge in [-0.3, -0.25) is 0 Å². The van der Waals surface area contributed by atoms with Crippen LogP contribution in [0.2, 0.25) is 0 Å². The largest absolute Gasteiger partial charge is 0.497 e. The van der Waals surface area contributed by atoms with Crippen molar-refractivity contribution in [3.63, 3.8) is 0 Å². The molecule has 0 radical (unpaired) electrons. The fourth-order valence-electron chi connectivity index (χ4n) is 3.28. The molecule has 1 aromatic rings. The average molecular weight is 290 g/mol. The smallest absolute Gasteiger partial charge is 0.118 e. The third-order valence-corrected chi connectivity index (χ3v) is 4.73. The lowest BCUT2D eigenvalue weighted by molar-refractivity contribution is 0.242. The molecule has 1 fully saturated rings. The van der Waals surface area contributed by atoms with Gasteiger partial charge in [-0.2, -0.15) is 0 Å². The molecule has 0 aliphatic heterocycles. The SMILES string of the molecule is CCC(NCCN(C)C1CCCC1)c1ccc(OC)cc1. The zero-order valence-corrected chi connectivity index (χ0v) is 13.8. The van der Waals surface area contributed by atoms with Gasteiger partial charge in [-0.1, -0.05) is 31.9 Å². The van der Waals surface area contributed by atoms with Gasteiger partial charge in [-0.15, -0.1) is 0 Å². The Morgan fingerprint density at radius 3 is 2.48 bits per heavy atom.